The van der Waals surface area contributed by atoms with Gasteiger partial charge in [-0.3, -0.25) is 14.4 Å². The van der Waals surface area contributed by atoms with Crippen LogP contribution < -0.4 is 36.9 Å². The SMILES string of the molecule is CC(=O)O.CCNCCOc1ccc(Nc2nc(N)c(C(=O)c3cccc(CC)c3)s2)cc1.CCSC(N)=NC(=S)Nc1ccc(OCCN(CC)C(=O)OC(C)(C)C)cc1.CCc1cccc(C(=O)CBr)c1.P. The molecule has 0 radical (unpaired) electrons. The second kappa shape index (κ2) is 36.3. The van der Waals surface area contributed by atoms with Gasteiger partial charge in [0.2, 0.25) is 5.78 Å². The van der Waals surface area contributed by atoms with E-state index < -0.39 is 11.6 Å². The predicted molar refractivity (Wildman–Crippen MR) is 319 cm³/mol. The molecule has 404 valence electrons. The third-order valence-electron chi connectivity index (χ3n) is 9.41. The number of hydrogen-bond acceptors (Lipinski definition) is 14. The molecular weight excluding hydrogens is 1080 g/mol. The maximum atomic E-state index is 12.8. The first-order valence-corrected chi connectivity index (χ1v) is 27.1. The second-order valence-electron chi connectivity index (χ2n) is 16.3. The first kappa shape index (κ1) is 66.4. The molecule has 0 saturated carbocycles. The number of nitrogens with zero attached hydrogens (tertiary/aromatic N) is 3. The van der Waals surface area contributed by atoms with E-state index in [0.29, 0.717) is 63.2 Å². The smallest absolute Gasteiger partial charge is 0.410 e. The number of aryl methyl sites for hydroxylation is 2. The minimum atomic E-state index is -0.833. The molecule has 1 atom stereocenters. The van der Waals surface area contributed by atoms with E-state index in [9.17, 15) is 14.4 Å². The largest absolute Gasteiger partial charge is 0.492 e. The Morgan fingerprint density at radius 2 is 1.39 bits per heavy atom. The number of thiocarbonyl (C=S) groups is 1. The molecule has 0 saturated heterocycles. The van der Waals surface area contributed by atoms with Gasteiger partial charge in [0.1, 0.15) is 41.0 Å². The first-order chi connectivity index (χ1) is 34.7. The Morgan fingerprint density at radius 1 is 0.851 bits per heavy atom. The maximum absolute atomic E-state index is 12.8. The zero-order valence-corrected chi connectivity index (χ0v) is 49.4. The van der Waals surface area contributed by atoms with Crippen molar-refractivity contribution in [2.45, 2.75) is 80.8 Å². The number of hydrogen-bond donors (Lipinski definition) is 6. The Morgan fingerprint density at radius 3 is 1.91 bits per heavy atom. The topological polar surface area (TPSA) is 233 Å². The number of nitrogen functional groups attached to an aromatic ring is 1. The molecule has 8 N–H and O–H groups in total. The highest BCUT2D eigenvalue weighted by Gasteiger charge is 2.21. The van der Waals surface area contributed by atoms with Crippen LogP contribution in [0.1, 0.15) is 99.0 Å². The number of benzene rings is 4. The summed E-state index contributed by atoms with van der Waals surface area (Å²) >= 11 is 11.0. The molecule has 0 aliphatic carbocycles. The van der Waals surface area contributed by atoms with Crippen molar-refractivity contribution in [1.29, 1.82) is 0 Å². The van der Waals surface area contributed by atoms with E-state index in [1.807, 2.05) is 132 Å². The number of ether oxygens (including phenoxy) is 3. The lowest BCUT2D eigenvalue weighted by Crippen LogP contribution is -2.38. The van der Waals surface area contributed by atoms with Crippen LogP contribution >= 0.6 is 61.1 Å². The number of likely N-dealkylation sites (N-methyl/N-ethyl adjacent to an activating group) is 2. The van der Waals surface area contributed by atoms with Crippen LogP contribution in [0.2, 0.25) is 0 Å². The number of nitrogens with two attached hydrogens (primary N) is 2. The number of amides is 1. The molecule has 1 aromatic heterocycles. The molecule has 1 heterocycles. The third kappa shape index (κ3) is 27.1. The van der Waals surface area contributed by atoms with Gasteiger partial charge in [0.25, 0.3) is 5.97 Å². The first-order valence-electron chi connectivity index (χ1n) is 23.7. The van der Waals surface area contributed by atoms with E-state index in [4.69, 9.17) is 47.8 Å². The van der Waals surface area contributed by atoms with Crippen LogP contribution in [0.25, 0.3) is 0 Å². The van der Waals surface area contributed by atoms with Crippen LogP contribution in [0, 0.1) is 0 Å². The van der Waals surface area contributed by atoms with Crippen molar-refractivity contribution in [3.05, 3.63) is 124 Å². The van der Waals surface area contributed by atoms with Crippen molar-refractivity contribution in [3.63, 3.8) is 0 Å². The molecule has 5 aromatic rings. The number of nitrogens with one attached hydrogen (secondary N) is 3. The summed E-state index contributed by atoms with van der Waals surface area (Å²) in [6.07, 6.45) is 1.51. The van der Waals surface area contributed by atoms with Crippen LogP contribution in [0.4, 0.5) is 27.1 Å². The Balaban J connectivity index is 0.000000568. The maximum Gasteiger partial charge on any atom is 0.410 e. The molecule has 0 aliphatic heterocycles. The van der Waals surface area contributed by atoms with Crippen molar-refractivity contribution in [1.82, 2.24) is 15.2 Å². The van der Waals surface area contributed by atoms with Gasteiger partial charge in [-0.15, -0.1) is 0 Å². The van der Waals surface area contributed by atoms with Gasteiger partial charge in [-0.2, -0.15) is 14.9 Å². The summed E-state index contributed by atoms with van der Waals surface area (Å²) in [6, 6.07) is 30.3. The number of aliphatic imine (C=N–C) groups is 1. The van der Waals surface area contributed by atoms with Crippen LogP contribution in [0.3, 0.4) is 0 Å². The van der Waals surface area contributed by atoms with E-state index >= 15 is 0 Å². The quantitative estimate of drug-likeness (QED) is 0.00809. The molecule has 5 rings (SSSR count). The number of halogens is 1. The number of aromatic nitrogens is 1. The van der Waals surface area contributed by atoms with Gasteiger partial charge >= 0.3 is 6.09 Å². The molecule has 74 heavy (non-hydrogen) atoms. The van der Waals surface area contributed by atoms with E-state index in [-0.39, 0.29) is 33.4 Å². The summed E-state index contributed by atoms with van der Waals surface area (Å²) in [5.74, 6) is 1.79. The average Bonchev–Trinajstić information content (AvgIpc) is 3.73. The van der Waals surface area contributed by atoms with Gasteiger partial charge in [0.05, 0.1) is 11.9 Å². The molecule has 16 nitrogen and oxygen atoms in total. The average molecular weight is 1160 g/mol. The van der Waals surface area contributed by atoms with Crippen molar-refractivity contribution in [3.8, 4) is 11.5 Å². The van der Waals surface area contributed by atoms with E-state index in [0.717, 1.165) is 66.9 Å². The summed E-state index contributed by atoms with van der Waals surface area (Å²) < 4.78 is 16.8. The minimum absolute atomic E-state index is 0. The molecule has 21 heteroatoms. The van der Waals surface area contributed by atoms with E-state index in [1.54, 1.807) is 4.90 Å². The molecule has 4 aromatic carbocycles. The number of amidine groups is 1. The van der Waals surface area contributed by atoms with E-state index in [1.165, 1.54) is 28.7 Å². The highest BCUT2D eigenvalue weighted by molar-refractivity contribution is 9.09. The molecule has 0 fully saturated rings. The number of anilines is 4. The third-order valence-corrected chi connectivity index (χ3v) is 11.8. The zero-order chi connectivity index (χ0) is 54.3. The number of thioether (sulfide) groups is 1. The molecule has 0 aliphatic rings. The van der Waals surface area contributed by atoms with Crippen molar-refractivity contribution in [2.75, 3.05) is 66.8 Å². The van der Waals surface area contributed by atoms with Gasteiger partial charge in [-0.25, -0.2) is 9.78 Å². The number of carbonyl (C=O) groups is 4. The lowest BCUT2D eigenvalue weighted by molar-refractivity contribution is -0.134. The number of Topliss-reactive ketones (excluding diaryl/α,β-unsaturated/α-hetero) is 1. The highest BCUT2D eigenvalue weighted by atomic mass is 79.9. The molecule has 1 amide bonds. The molecular formula is C53H74BrN8O8PS3. The summed E-state index contributed by atoms with van der Waals surface area (Å²) in [4.78, 5) is 55.6. The number of carboxylic acid groups (broad SMARTS) is 1. The Hall–Kier alpha value is -5.63. The fourth-order valence-electron chi connectivity index (χ4n) is 5.87. The summed E-state index contributed by atoms with van der Waals surface area (Å²) in [7, 11) is 0. The molecule has 0 bridgehead atoms. The summed E-state index contributed by atoms with van der Waals surface area (Å²) in [5, 5.41) is 18.6. The number of thiazole rings is 1. The Labute approximate surface area is 462 Å². The summed E-state index contributed by atoms with van der Waals surface area (Å²) in [5.41, 5.74) is 16.6. The van der Waals surface area contributed by atoms with E-state index in [2.05, 4.69) is 62.6 Å². The predicted octanol–water partition coefficient (Wildman–Crippen LogP) is 11.3. The highest BCUT2D eigenvalue weighted by Crippen LogP contribution is 2.30. The number of rotatable bonds is 20. The number of carboxylic acids is 1. The Kier molecular flexibility index (Phi) is 32.6. The van der Waals surface area contributed by atoms with Crippen LogP contribution in [-0.2, 0) is 22.4 Å². The van der Waals surface area contributed by atoms with Crippen LogP contribution in [0.15, 0.2) is 102 Å². The monoisotopic (exact) mass is 1160 g/mol. The normalized spacial score (nSPS) is 10.5. The second-order valence-corrected chi connectivity index (χ2v) is 19.6. The number of carbonyl (C=O) groups excluding carboxylic acids is 3. The van der Waals surface area contributed by atoms with Crippen molar-refractivity contribution < 1.29 is 38.5 Å². The standard InChI is InChI=1S/C22H26N4O2S.C19H30N4O3S2.C10H11BrO.C2H4O2.H3P/c1-3-15-6-5-7-16(14-15)19(27)20-21(23)26-22(29-20)25-17-8-10-18(11-9-17)28-13-12-24-4-2;1-6-23(18(24)26-19(3,4)5)12-13-25-15-10-8-14(9-11-15)21-17(27)22-16(20)28-7-2;1-2-8-4-3-5-9(6-8)10(12)7-11;1-2(3)4;/h5-11,14,24H,3-4,12-13,23H2,1-2H3,(H,25,26);8-11H,6-7,12-13H2,1-5H3,(H3,20,21,22,27);3-6H,2,7H2,1H3;1H3,(H,3,4);1H3. The summed E-state index contributed by atoms with van der Waals surface area (Å²) in [6.45, 7) is 20.5. The minimum Gasteiger partial charge on any atom is -0.492 e. The molecule has 0 spiro atoms. The lowest BCUT2D eigenvalue weighted by Gasteiger charge is -2.26. The van der Waals surface area contributed by atoms with Gasteiger partial charge in [0.15, 0.2) is 21.2 Å². The van der Waals surface area contributed by atoms with Crippen molar-refractivity contribution >= 4 is 117 Å². The Bertz CT molecular complexity index is 2520. The van der Waals surface area contributed by atoms with Gasteiger partial charge in [0, 0.05) is 42.5 Å². The van der Waals surface area contributed by atoms with Gasteiger partial charge < -0.3 is 51.6 Å². The fraction of sp³-hybridized carbons (Fsp3) is 0.377. The lowest BCUT2D eigenvalue weighted by atomic mass is 10.1. The number of aliphatic carboxylic acids is 1. The van der Waals surface area contributed by atoms with Gasteiger partial charge in [-0.1, -0.05) is 103 Å². The number of alkyl halides is 1. The van der Waals surface area contributed by atoms with Crippen LogP contribution in [-0.4, -0.2) is 105 Å². The van der Waals surface area contributed by atoms with Gasteiger partial charge in [-0.05, 0) is 137 Å². The fourth-order valence-corrected chi connectivity index (χ4v) is 7.79. The van der Waals surface area contributed by atoms with Crippen molar-refractivity contribution in [2.24, 2.45) is 10.7 Å². The zero-order valence-electron chi connectivity index (χ0n) is 43.9. The number of ketones is 2. The molecule has 1 unspecified atom stereocenters. The van der Waals surface area contributed by atoms with Crippen LogP contribution in [0.5, 0.6) is 11.5 Å².